The number of benzene rings is 2. The van der Waals surface area contributed by atoms with Crippen molar-refractivity contribution in [2.45, 2.75) is 71.8 Å². The SMILES string of the molecule is CCN1CCOc2ccccc2CCCCC2(CCN(Cc3ccc(C(C)C)cc3)CC2)C1=O. The average molecular weight is 463 g/mol. The zero-order valence-electron chi connectivity index (χ0n) is 21.4. The Balaban J connectivity index is 1.42. The number of para-hydroxylation sites is 1. The van der Waals surface area contributed by atoms with E-state index in [0.717, 1.165) is 70.5 Å². The number of carbonyl (C=O) groups excluding carboxylic acids is 1. The number of amides is 1. The fraction of sp³-hybridized carbons (Fsp3) is 0.567. The number of piperidine rings is 1. The molecular formula is C30H42N2O2. The van der Waals surface area contributed by atoms with Crippen molar-refractivity contribution in [3.63, 3.8) is 0 Å². The van der Waals surface area contributed by atoms with Gasteiger partial charge in [-0.1, -0.05) is 62.7 Å². The second-order valence-corrected chi connectivity index (χ2v) is 10.5. The topological polar surface area (TPSA) is 32.8 Å². The number of likely N-dealkylation sites (N-methyl/N-ethyl adjacent to an activating group) is 1. The Kier molecular flexibility index (Phi) is 8.31. The first-order valence-electron chi connectivity index (χ1n) is 13.3. The summed E-state index contributed by atoms with van der Waals surface area (Å²) in [5.74, 6) is 1.90. The molecule has 1 saturated heterocycles. The van der Waals surface area contributed by atoms with Gasteiger partial charge in [-0.25, -0.2) is 0 Å². The first kappa shape index (κ1) is 24.8. The van der Waals surface area contributed by atoms with E-state index in [9.17, 15) is 4.79 Å². The van der Waals surface area contributed by atoms with Crippen LogP contribution in [0.5, 0.6) is 5.75 Å². The lowest BCUT2D eigenvalue weighted by Crippen LogP contribution is -2.51. The predicted octanol–water partition coefficient (Wildman–Crippen LogP) is 6.05. The Morgan fingerprint density at radius 1 is 0.941 bits per heavy atom. The average Bonchev–Trinajstić information content (AvgIpc) is 2.85. The highest BCUT2D eigenvalue weighted by molar-refractivity contribution is 5.83. The maximum absolute atomic E-state index is 13.8. The van der Waals surface area contributed by atoms with E-state index in [0.29, 0.717) is 25.0 Å². The molecule has 4 heteroatoms. The molecule has 0 radical (unpaired) electrons. The van der Waals surface area contributed by atoms with Gasteiger partial charge in [0.2, 0.25) is 5.91 Å². The molecule has 0 bridgehead atoms. The zero-order chi connectivity index (χ0) is 24.0. The smallest absolute Gasteiger partial charge is 0.228 e. The van der Waals surface area contributed by atoms with Crippen LogP contribution in [0.4, 0.5) is 0 Å². The van der Waals surface area contributed by atoms with Crippen LogP contribution in [0.1, 0.15) is 75.5 Å². The predicted molar refractivity (Wildman–Crippen MR) is 139 cm³/mol. The summed E-state index contributed by atoms with van der Waals surface area (Å²) in [6.07, 6.45) is 6.15. The molecule has 2 heterocycles. The lowest BCUT2D eigenvalue weighted by Gasteiger charge is -2.43. The number of nitrogens with zero attached hydrogens (tertiary/aromatic N) is 2. The molecule has 34 heavy (non-hydrogen) atoms. The number of carbonyl (C=O) groups is 1. The van der Waals surface area contributed by atoms with Gasteiger partial charge in [0, 0.05) is 13.1 Å². The van der Waals surface area contributed by atoms with Gasteiger partial charge in [0.05, 0.1) is 12.0 Å². The molecule has 2 aromatic carbocycles. The lowest BCUT2D eigenvalue weighted by atomic mass is 9.73. The second-order valence-electron chi connectivity index (χ2n) is 10.5. The maximum atomic E-state index is 13.8. The van der Waals surface area contributed by atoms with Gasteiger partial charge in [-0.3, -0.25) is 9.69 Å². The molecule has 0 aromatic heterocycles. The van der Waals surface area contributed by atoms with E-state index in [1.807, 2.05) is 11.0 Å². The molecule has 2 aliphatic rings. The summed E-state index contributed by atoms with van der Waals surface area (Å²) in [6, 6.07) is 17.5. The van der Waals surface area contributed by atoms with Gasteiger partial charge in [0.15, 0.2) is 0 Å². The number of hydrogen-bond donors (Lipinski definition) is 0. The number of aryl methyl sites for hydroxylation is 1. The standard InChI is InChI=1S/C30H42N2O2/c1-4-32-21-22-34-28-11-6-5-9-27(28)10-7-8-16-30(29(32)33)17-19-31(20-18-30)23-25-12-14-26(15-13-25)24(2)3/h5-6,9,11-15,24H,4,7-8,10,16-23H2,1-3H3. The Hall–Kier alpha value is -2.33. The van der Waals surface area contributed by atoms with E-state index in [-0.39, 0.29) is 5.41 Å². The van der Waals surface area contributed by atoms with Crippen LogP contribution in [0.2, 0.25) is 0 Å². The minimum absolute atomic E-state index is 0.216. The first-order chi connectivity index (χ1) is 16.5. The lowest BCUT2D eigenvalue weighted by molar-refractivity contribution is -0.146. The number of rotatable bonds is 4. The van der Waals surface area contributed by atoms with Gasteiger partial charge in [-0.15, -0.1) is 0 Å². The molecule has 2 aliphatic heterocycles. The van der Waals surface area contributed by atoms with Gasteiger partial charge < -0.3 is 9.64 Å². The summed E-state index contributed by atoms with van der Waals surface area (Å²) in [5, 5.41) is 0. The second kappa shape index (κ2) is 11.4. The molecular weight excluding hydrogens is 420 g/mol. The van der Waals surface area contributed by atoms with Crippen molar-refractivity contribution in [3.8, 4) is 5.75 Å². The number of hydrogen-bond acceptors (Lipinski definition) is 3. The van der Waals surface area contributed by atoms with Crippen molar-refractivity contribution in [3.05, 3.63) is 65.2 Å². The fourth-order valence-electron chi connectivity index (χ4n) is 5.61. The van der Waals surface area contributed by atoms with Crippen LogP contribution in [0.3, 0.4) is 0 Å². The van der Waals surface area contributed by atoms with E-state index in [4.69, 9.17) is 4.74 Å². The normalized spacial score (nSPS) is 19.9. The van der Waals surface area contributed by atoms with Crippen LogP contribution in [0, 0.1) is 5.41 Å². The van der Waals surface area contributed by atoms with Crippen molar-refractivity contribution in [1.82, 2.24) is 9.80 Å². The number of fused-ring (bicyclic) bond motifs is 1. The molecule has 0 N–H and O–H groups in total. The van der Waals surface area contributed by atoms with Crippen LogP contribution in [-0.2, 0) is 17.8 Å². The van der Waals surface area contributed by atoms with Crippen LogP contribution in [0.15, 0.2) is 48.5 Å². The molecule has 0 saturated carbocycles. The minimum Gasteiger partial charge on any atom is -0.491 e. The maximum Gasteiger partial charge on any atom is 0.228 e. The van der Waals surface area contributed by atoms with Gasteiger partial charge in [-0.05, 0) is 80.8 Å². The van der Waals surface area contributed by atoms with Crippen LogP contribution in [-0.4, -0.2) is 48.5 Å². The van der Waals surface area contributed by atoms with E-state index in [1.165, 1.54) is 16.7 Å². The Morgan fingerprint density at radius 3 is 2.38 bits per heavy atom. The zero-order valence-corrected chi connectivity index (χ0v) is 21.4. The minimum atomic E-state index is -0.216. The summed E-state index contributed by atoms with van der Waals surface area (Å²) in [4.78, 5) is 18.4. The van der Waals surface area contributed by atoms with Crippen molar-refractivity contribution >= 4 is 5.91 Å². The monoisotopic (exact) mass is 462 g/mol. The number of likely N-dealkylation sites (tertiary alicyclic amines) is 1. The van der Waals surface area contributed by atoms with E-state index >= 15 is 0 Å². The van der Waals surface area contributed by atoms with E-state index < -0.39 is 0 Å². The van der Waals surface area contributed by atoms with Crippen LogP contribution >= 0.6 is 0 Å². The summed E-state index contributed by atoms with van der Waals surface area (Å²) >= 11 is 0. The van der Waals surface area contributed by atoms with Crippen molar-refractivity contribution in [2.24, 2.45) is 5.41 Å². The Bertz CT molecular complexity index is 929. The molecule has 0 atom stereocenters. The highest BCUT2D eigenvalue weighted by atomic mass is 16.5. The van der Waals surface area contributed by atoms with Crippen LogP contribution in [0.25, 0.3) is 0 Å². The summed E-state index contributed by atoms with van der Waals surface area (Å²) < 4.78 is 6.12. The summed E-state index contributed by atoms with van der Waals surface area (Å²) in [6.45, 7) is 11.5. The third-order valence-electron chi connectivity index (χ3n) is 7.93. The van der Waals surface area contributed by atoms with E-state index in [2.05, 4.69) is 68.1 Å². The third-order valence-corrected chi connectivity index (χ3v) is 7.93. The molecule has 1 amide bonds. The molecule has 184 valence electrons. The van der Waals surface area contributed by atoms with Gasteiger partial charge >= 0.3 is 0 Å². The Morgan fingerprint density at radius 2 is 1.68 bits per heavy atom. The molecule has 2 aromatic rings. The quantitative estimate of drug-likeness (QED) is 0.555. The first-order valence-corrected chi connectivity index (χ1v) is 13.3. The highest BCUT2D eigenvalue weighted by Crippen LogP contribution is 2.39. The van der Waals surface area contributed by atoms with Gasteiger partial charge in [-0.2, -0.15) is 0 Å². The van der Waals surface area contributed by atoms with Gasteiger partial charge in [0.1, 0.15) is 12.4 Å². The molecule has 4 rings (SSSR count). The number of ether oxygens (including phenoxy) is 1. The van der Waals surface area contributed by atoms with Crippen molar-refractivity contribution in [2.75, 3.05) is 32.8 Å². The summed E-state index contributed by atoms with van der Waals surface area (Å²) in [5.41, 5.74) is 3.85. The highest BCUT2D eigenvalue weighted by Gasteiger charge is 2.42. The van der Waals surface area contributed by atoms with E-state index in [1.54, 1.807) is 0 Å². The molecule has 0 aliphatic carbocycles. The molecule has 4 nitrogen and oxygen atoms in total. The fourth-order valence-corrected chi connectivity index (χ4v) is 5.61. The third kappa shape index (κ3) is 5.83. The van der Waals surface area contributed by atoms with Crippen LogP contribution < -0.4 is 4.74 Å². The molecule has 0 unspecified atom stereocenters. The molecule has 1 spiro atoms. The van der Waals surface area contributed by atoms with Crippen molar-refractivity contribution < 1.29 is 9.53 Å². The molecule has 1 fully saturated rings. The van der Waals surface area contributed by atoms with Gasteiger partial charge in [0.25, 0.3) is 0 Å². The Labute approximate surface area is 206 Å². The summed E-state index contributed by atoms with van der Waals surface area (Å²) in [7, 11) is 0. The van der Waals surface area contributed by atoms with Crippen molar-refractivity contribution in [1.29, 1.82) is 0 Å². The largest absolute Gasteiger partial charge is 0.491 e.